The third-order valence-electron chi connectivity index (χ3n) is 2.43. The van der Waals surface area contributed by atoms with Gasteiger partial charge in [0.2, 0.25) is 0 Å². The number of nitrogens with zero attached hydrogens (tertiary/aromatic N) is 1. The van der Waals surface area contributed by atoms with E-state index in [0.717, 1.165) is 13.0 Å². The van der Waals surface area contributed by atoms with Gasteiger partial charge in [-0.1, -0.05) is 20.8 Å². The van der Waals surface area contributed by atoms with Crippen molar-refractivity contribution in [3.63, 3.8) is 0 Å². The fraction of sp³-hybridized carbons (Fsp3) is 1.00. The molecule has 0 saturated carbocycles. The van der Waals surface area contributed by atoms with Gasteiger partial charge in [0, 0.05) is 13.0 Å². The van der Waals surface area contributed by atoms with Crippen molar-refractivity contribution in [3.05, 3.63) is 0 Å². The number of rotatable bonds is 2. The predicted molar refractivity (Wildman–Crippen MR) is 50.1 cm³/mol. The van der Waals surface area contributed by atoms with Gasteiger partial charge in [-0.2, -0.15) is 0 Å². The first-order valence-electron chi connectivity index (χ1n) is 4.89. The molecular weight excluding hydrogens is 172 g/mol. The lowest BCUT2D eigenvalue weighted by Crippen LogP contribution is -2.28. The van der Waals surface area contributed by atoms with Crippen LogP contribution in [0.5, 0.6) is 0 Å². The zero-order chi connectivity index (χ0) is 10.1. The second-order valence-corrected chi connectivity index (χ2v) is 5.19. The molecule has 1 rings (SSSR count). The Morgan fingerprint density at radius 1 is 1.31 bits per heavy atom. The first-order chi connectivity index (χ1) is 5.79. The smallest absolute Gasteiger partial charge is 0.261 e. The molecule has 1 heterocycles. The Balaban J connectivity index is 2.25. The van der Waals surface area contributed by atoms with Crippen LogP contribution >= 0.6 is 0 Å². The number of likely N-dealkylation sites (tertiary alicyclic amines) is 1. The Morgan fingerprint density at radius 3 is 2.31 bits per heavy atom. The zero-order valence-electron chi connectivity index (χ0n) is 8.74. The van der Waals surface area contributed by atoms with Gasteiger partial charge < -0.3 is 0 Å². The molecule has 1 nitrogen and oxygen atoms in total. The van der Waals surface area contributed by atoms with E-state index in [1.807, 2.05) is 4.90 Å². The Hall–Kier alpha value is -0.180. The maximum atomic E-state index is 12.8. The average molecular weight is 191 g/mol. The fourth-order valence-corrected chi connectivity index (χ4v) is 1.49. The van der Waals surface area contributed by atoms with E-state index in [-0.39, 0.29) is 18.4 Å². The topological polar surface area (TPSA) is 3.24 Å². The molecule has 0 bridgehead atoms. The van der Waals surface area contributed by atoms with Gasteiger partial charge in [-0.15, -0.1) is 0 Å². The summed E-state index contributed by atoms with van der Waals surface area (Å²) in [5, 5.41) is 0. The summed E-state index contributed by atoms with van der Waals surface area (Å²) in [7, 11) is 0. The van der Waals surface area contributed by atoms with E-state index in [9.17, 15) is 8.78 Å². The molecule has 13 heavy (non-hydrogen) atoms. The van der Waals surface area contributed by atoms with E-state index in [0.29, 0.717) is 6.54 Å². The van der Waals surface area contributed by atoms with Crippen LogP contribution in [0.25, 0.3) is 0 Å². The largest absolute Gasteiger partial charge is 0.297 e. The van der Waals surface area contributed by atoms with Crippen molar-refractivity contribution in [1.82, 2.24) is 4.90 Å². The highest BCUT2D eigenvalue weighted by molar-refractivity contribution is 4.82. The molecule has 0 radical (unpaired) electrons. The van der Waals surface area contributed by atoms with Crippen LogP contribution in [0.15, 0.2) is 0 Å². The van der Waals surface area contributed by atoms with E-state index >= 15 is 0 Å². The van der Waals surface area contributed by atoms with Gasteiger partial charge in [0.25, 0.3) is 5.92 Å². The molecule has 1 fully saturated rings. The van der Waals surface area contributed by atoms with E-state index in [2.05, 4.69) is 20.8 Å². The second kappa shape index (κ2) is 3.52. The minimum absolute atomic E-state index is 0.0386. The number of hydrogen-bond acceptors (Lipinski definition) is 1. The van der Waals surface area contributed by atoms with Gasteiger partial charge in [0.15, 0.2) is 0 Å². The summed E-state index contributed by atoms with van der Waals surface area (Å²) in [4.78, 5) is 1.87. The Bertz CT molecular complexity index is 172. The molecular formula is C10H19F2N. The predicted octanol–water partition coefficient (Wildman–Crippen LogP) is 2.76. The van der Waals surface area contributed by atoms with Gasteiger partial charge >= 0.3 is 0 Å². The molecule has 1 aliphatic rings. The summed E-state index contributed by atoms with van der Waals surface area (Å²) in [6.45, 7) is 7.74. The lowest BCUT2D eigenvalue weighted by atomic mass is 9.92. The lowest BCUT2D eigenvalue weighted by Gasteiger charge is -2.22. The summed E-state index contributed by atoms with van der Waals surface area (Å²) < 4.78 is 25.5. The monoisotopic (exact) mass is 191 g/mol. The zero-order valence-corrected chi connectivity index (χ0v) is 8.74. The molecule has 0 N–H and O–H groups in total. The third-order valence-corrected chi connectivity index (χ3v) is 2.43. The summed E-state index contributed by atoms with van der Waals surface area (Å²) >= 11 is 0. The molecule has 0 aromatic rings. The summed E-state index contributed by atoms with van der Waals surface area (Å²) in [6.07, 6.45) is 1.03. The van der Waals surface area contributed by atoms with Crippen LogP contribution in [0.3, 0.4) is 0 Å². The quantitative estimate of drug-likeness (QED) is 0.648. The first kappa shape index (κ1) is 10.9. The van der Waals surface area contributed by atoms with Crippen molar-refractivity contribution in [2.45, 2.75) is 39.5 Å². The van der Waals surface area contributed by atoms with Crippen molar-refractivity contribution in [1.29, 1.82) is 0 Å². The highest BCUT2D eigenvalue weighted by Crippen LogP contribution is 2.28. The van der Waals surface area contributed by atoms with Crippen molar-refractivity contribution in [2.75, 3.05) is 19.6 Å². The normalized spacial score (nSPS) is 23.8. The van der Waals surface area contributed by atoms with Crippen molar-refractivity contribution < 1.29 is 8.78 Å². The van der Waals surface area contributed by atoms with Crippen LogP contribution < -0.4 is 0 Å². The van der Waals surface area contributed by atoms with E-state index < -0.39 is 5.92 Å². The number of alkyl halides is 2. The van der Waals surface area contributed by atoms with Gasteiger partial charge in [-0.25, -0.2) is 8.78 Å². The molecule has 1 aliphatic heterocycles. The fourth-order valence-electron chi connectivity index (χ4n) is 1.49. The van der Waals surface area contributed by atoms with Crippen LogP contribution in [0.1, 0.15) is 33.6 Å². The van der Waals surface area contributed by atoms with E-state index in [1.165, 1.54) is 0 Å². The highest BCUT2D eigenvalue weighted by atomic mass is 19.3. The molecule has 0 unspecified atom stereocenters. The summed E-state index contributed by atoms with van der Waals surface area (Å²) in [5.41, 5.74) is 0.248. The molecule has 0 aromatic heterocycles. The van der Waals surface area contributed by atoms with Gasteiger partial charge in [-0.3, -0.25) is 4.90 Å². The van der Waals surface area contributed by atoms with Crippen LogP contribution in [-0.2, 0) is 0 Å². The van der Waals surface area contributed by atoms with Crippen LogP contribution in [0.4, 0.5) is 8.78 Å². The summed E-state index contributed by atoms with van der Waals surface area (Å²) in [5.74, 6) is -2.43. The van der Waals surface area contributed by atoms with E-state index in [4.69, 9.17) is 0 Å². The minimum atomic E-state index is -2.43. The minimum Gasteiger partial charge on any atom is -0.297 e. The van der Waals surface area contributed by atoms with Crippen molar-refractivity contribution in [3.8, 4) is 0 Å². The van der Waals surface area contributed by atoms with Crippen LogP contribution in [0.2, 0.25) is 0 Å². The maximum Gasteiger partial charge on any atom is 0.261 e. The summed E-state index contributed by atoms with van der Waals surface area (Å²) in [6, 6.07) is 0. The van der Waals surface area contributed by atoms with E-state index in [1.54, 1.807) is 0 Å². The number of hydrogen-bond donors (Lipinski definition) is 0. The molecule has 0 aliphatic carbocycles. The molecule has 0 aromatic carbocycles. The molecule has 78 valence electrons. The standard InChI is InChI=1S/C10H19F2N/c1-9(2,3)4-6-13-7-5-10(11,12)8-13/h4-8H2,1-3H3. The van der Waals surface area contributed by atoms with Crippen molar-refractivity contribution >= 4 is 0 Å². The highest BCUT2D eigenvalue weighted by Gasteiger charge is 2.37. The Morgan fingerprint density at radius 2 is 1.92 bits per heavy atom. The lowest BCUT2D eigenvalue weighted by molar-refractivity contribution is 0.0114. The molecule has 0 spiro atoms. The maximum absolute atomic E-state index is 12.8. The van der Waals surface area contributed by atoms with Crippen molar-refractivity contribution in [2.24, 2.45) is 5.41 Å². The Labute approximate surface area is 79.1 Å². The van der Waals surface area contributed by atoms with Gasteiger partial charge in [0.05, 0.1) is 6.54 Å². The molecule has 1 saturated heterocycles. The third kappa shape index (κ3) is 4.03. The molecule has 3 heteroatoms. The first-order valence-corrected chi connectivity index (χ1v) is 4.89. The van der Waals surface area contributed by atoms with Gasteiger partial charge in [-0.05, 0) is 18.4 Å². The average Bonchev–Trinajstić information content (AvgIpc) is 2.24. The number of halogens is 2. The molecule has 0 amide bonds. The second-order valence-electron chi connectivity index (χ2n) is 5.19. The van der Waals surface area contributed by atoms with Gasteiger partial charge in [0.1, 0.15) is 0 Å². The van der Waals surface area contributed by atoms with Crippen LogP contribution in [0, 0.1) is 5.41 Å². The Kier molecular flexibility index (Phi) is 2.95. The molecule has 0 atom stereocenters. The SMILES string of the molecule is CC(C)(C)CCN1CCC(F)(F)C1. The van der Waals surface area contributed by atoms with Crippen LogP contribution in [-0.4, -0.2) is 30.5 Å².